The number of methoxy groups -OCH3 is 1. The van der Waals surface area contributed by atoms with Gasteiger partial charge in [-0.1, -0.05) is 33.1 Å². The number of rotatable bonds is 6. The van der Waals surface area contributed by atoms with Gasteiger partial charge in [0, 0.05) is 26.3 Å². The van der Waals surface area contributed by atoms with E-state index in [4.69, 9.17) is 4.74 Å². The second-order valence-electron chi connectivity index (χ2n) is 7.30. The van der Waals surface area contributed by atoms with Crippen LogP contribution in [0, 0.1) is 10.8 Å². The first-order valence-corrected chi connectivity index (χ1v) is 7.80. The van der Waals surface area contributed by atoms with Crippen LogP contribution >= 0.6 is 0 Å². The van der Waals surface area contributed by atoms with Crippen molar-refractivity contribution in [3.8, 4) is 0 Å². The van der Waals surface area contributed by atoms with Gasteiger partial charge >= 0.3 is 0 Å². The van der Waals surface area contributed by atoms with Gasteiger partial charge in [0.15, 0.2) is 0 Å². The summed E-state index contributed by atoms with van der Waals surface area (Å²) in [6.45, 7) is 6.73. The van der Waals surface area contributed by atoms with Crippen molar-refractivity contribution in [2.24, 2.45) is 10.8 Å². The summed E-state index contributed by atoms with van der Waals surface area (Å²) in [5, 5.41) is 3.87. The lowest BCUT2D eigenvalue weighted by Crippen LogP contribution is -2.55. The van der Waals surface area contributed by atoms with E-state index in [1.54, 1.807) is 7.11 Å². The summed E-state index contributed by atoms with van der Waals surface area (Å²) in [4.78, 5) is 0. The largest absolute Gasteiger partial charge is 0.385 e. The maximum atomic E-state index is 5.21. The van der Waals surface area contributed by atoms with E-state index >= 15 is 0 Å². The van der Waals surface area contributed by atoms with Gasteiger partial charge in [0.05, 0.1) is 0 Å². The zero-order valence-electron chi connectivity index (χ0n) is 12.6. The molecule has 2 rings (SSSR count). The van der Waals surface area contributed by atoms with Gasteiger partial charge in [-0.05, 0) is 42.9 Å². The van der Waals surface area contributed by atoms with E-state index in [-0.39, 0.29) is 0 Å². The van der Waals surface area contributed by atoms with E-state index < -0.39 is 0 Å². The summed E-state index contributed by atoms with van der Waals surface area (Å²) < 4.78 is 5.21. The highest BCUT2D eigenvalue weighted by Crippen LogP contribution is 2.51. The number of ether oxygens (including phenoxy) is 1. The molecular weight excluding hydrogens is 222 g/mol. The summed E-state index contributed by atoms with van der Waals surface area (Å²) in [6.07, 6.45) is 11.4. The van der Waals surface area contributed by atoms with Crippen molar-refractivity contribution in [2.45, 2.75) is 71.3 Å². The van der Waals surface area contributed by atoms with Crippen LogP contribution in [0.1, 0.15) is 65.2 Å². The molecule has 0 amide bonds. The molecule has 2 saturated carbocycles. The number of hydrogen-bond acceptors (Lipinski definition) is 2. The zero-order chi connectivity index (χ0) is 13.1. The highest BCUT2D eigenvalue weighted by molar-refractivity contribution is 5.02. The van der Waals surface area contributed by atoms with Crippen LogP contribution in [-0.4, -0.2) is 26.3 Å². The normalized spacial score (nSPS) is 27.2. The van der Waals surface area contributed by atoms with E-state index in [0.29, 0.717) is 10.8 Å². The molecule has 2 aliphatic carbocycles. The standard InChI is InChI=1S/C16H31NO/c1-15(2,11-12-18-3)13-17-14-7-10-16(14)8-5-4-6-9-16/h14,17H,4-13H2,1-3H3. The molecule has 1 unspecified atom stereocenters. The fraction of sp³-hybridized carbons (Fsp3) is 1.00. The molecule has 0 bridgehead atoms. The van der Waals surface area contributed by atoms with Crippen LogP contribution in [0.25, 0.3) is 0 Å². The quantitative estimate of drug-likeness (QED) is 0.778. The van der Waals surface area contributed by atoms with E-state index in [0.717, 1.165) is 25.6 Å². The molecular formula is C16H31NO. The molecule has 0 radical (unpaired) electrons. The van der Waals surface area contributed by atoms with E-state index in [2.05, 4.69) is 19.2 Å². The van der Waals surface area contributed by atoms with Gasteiger partial charge in [0.2, 0.25) is 0 Å². The van der Waals surface area contributed by atoms with Gasteiger partial charge in [0.25, 0.3) is 0 Å². The lowest BCUT2D eigenvalue weighted by atomic mass is 9.57. The molecule has 1 N–H and O–H groups in total. The first-order chi connectivity index (χ1) is 8.58. The molecule has 1 spiro atoms. The van der Waals surface area contributed by atoms with Crippen molar-refractivity contribution in [2.75, 3.05) is 20.3 Å². The van der Waals surface area contributed by atoms with Gasteiger partial charge in [-0.15, -0.1) is 0 Å². The van der Waals surface area contributed by atoms with E-state index in [1.165, 1.54) is 44.9 Å². The number of nitrogens with one attached hydrogen (secondary N) is 1. The molecule has 0 aliphatic heterocycles. The maximum absolute atomic E-state index is 5.21. The Labute approximate surface area is 113 Å². The Morgan fingerprint density at radius 1 is 1.17 bits per heavy atom. The van der Waals surface area contributed by atoms with Crippen LogP contribution < -0.4 is 5.32 Å². The second-order valence-corrected chi connectivity index (χ2v) is 7.30. The summed E-state index contributed by atoms with van der Waals surface area (Å²) in [7, 11) is 1.80. The average Bonchev–Trinajstić information content (AvgIpc) is 2.36. The highest BCUT2D eigenvalue weighted by atomic mass is 16.5. The third-order valence-corrected chi connectivity index (χ3v) is 5.33. The van der Waals surface area contributed by atoms with Crippen molar-refractivity contribution in [3.05, 3.63) is 0 Å². The smallest absolute Gasteiger partial charge is 0.0467 e. The number of hydrogen-bond donors (Lipinski definition) is 1. The molecule has 1 atom stereocenters. The average molecular weight is 253 g/mol. The molecule has 18 heavy (non-hydrogen) atoms. The summed E-state index contributed by atoms with van der Waals surface area (Å²) in [6, 6.07) is 0.805. The van der Waals surface area contributed by atoms with Gasteiger partial charge in [-0.2, -0.15) is 0 Å². The molecule has 2 aliphatic rings. The van der Waals surface area contributed by atoms with Gasteiger partial charge in [-0.25, -0.2) is 0 Å². The Balaban J connectivity index is 1.76. The van der Waals surface area contributed by atoms with Crippen molar-refractivity contribution < 1.29 is 4.74 Å². The molecule has 2 heteroatoms. The molecule has 0 heterocycles. The first-order valence-electron chi connectivity index (χ1n) is 7.80. The van der Waals surface area contributed by atoms with Gasteiger partial charge < -0.3 is 10.1 Å². The molecule has 2 nitrogen and oxygen atoms in total. The molecule has 0 aromatic carbocycles. The molecule has 106 valence electrons. The van der Waals surface area contributed by atoms with Crippen LogP contribution in [0.4, 0.5) is 0 Å². The third-order valence-electron chi connectivity index (χ3n) is 5.33. The summed E-state index contributed by atoms with van der Waals surface area (Å²) >= 11 is 0. The van der Waals surface area contributed by atoms with Crippen LogP contribution in [0.2, 0.25) is 0 Å². The second kappa shape index (κ2) is 5.92. The molecule has 0 aromatic rings. The maximum Gasteiger partial charge on any atom is 0.0467 e. The van der Waals surface area contributed by atoms with Crippen molar-refractivity contribution in [1.82, 2.24) is 5.32 Å². The topological polar surface area (TPSA) is 21.3 Å². The Morgan fingerprint density at radius 2 is 1.89 bits per heavy atom. The van der Waals surface area contributed by atoms with Crippen LogP contribution in [0.5, 0.6) is 0 Å². The lowest BCUT2D eigenvalue weighted by Gasteiger charge is -2.53. The first kappa shape index (κ1) is 14.3. The van der Waals surface area contributed by atoms with E-state index in [9.17, 15) is 0 Å². The van der Waals surface area contributed by atoms with Crippen molar-refractivity contribution in [3.63, 3.8) is 0 Å². The zero-order valence-corrected chi connectivity index (χ0v) is 12.6. The monoisotopic (exact) mass is 253 g/mol. The Hall–Kier alpha value is -0.0800. The molecule has 2 fully saturated rings. The van der Waals surface area contributed by atoms with Crippen LogP contribution in [-0.2, 0) is 4.74 Å². The molecule has 0 saturated heterocycles. The van der Waals surface area contributed by atoms with Gasteiger partial charge in [0.1, 0.15) is 0 Å². The van der Waals surface area contributed by atoms with Crippen molar-refractivity contribution >= 4 is 0 Å². The van der Waals surface area contributed by atoms with Crippen LogP contribution in [0.15, 0.2) is 0 Å². The summed E-state index contributed by atoms with van der Waals surface area (Å²) in [5.41, 5.74) is 1.05. The Kier molecular flexibility index (Phi) is 4.71. The predicted molar refractivity (Wildman–Crippen MR) is 76.8 cm³/mol. The fourth-order valence-electron chi connectivity index (χ4n) is 3.74. The Bertz CT molecular complexity index is 256. The van der Waals surface area contributed by atoms with Crippen molar-refractivity contribution in [1.29, 1.82) is 0 Å². The Morgan fingerprint density at radius 3 is 2.44 bits per heavy atom. The van der Waals surface area contributed by atoms with Crippen LogP contribution in [0.3, 0.4) is 0 Å². The van der Waals surface area contributed by atoms with E-state index in [1.807, 2.05) is 0 Å². The SMILES string of the molecule is COCCC(C)(C)CNC1CCC12CCCCC2. The third kappa shape index (κ3) is 3.27. The lowest BCUT2D eigenvalue weighted by molar-refractivity contribution is 0.0162. The van der Waals surface area contributed by atoms with Gasteiger partial charge in [-0.3, -0.25) is 0 Å². The minimum absolute atomic E-state index is 0.363. The predicted octanol–water partition coefficient (Wildman–Crippen LogP) is 3.75. The fourth-order valence-corrected chi connectivity index (χ4v) is 3.74. The molecule has 0 aromatic heterocycles. The summed E-state index contributed by atoms with van der Waals surface area (Å²) in [5.74, 6) is 0. The minimum Gasteiger partial charge on any atom is -0.385 e. The minimum atomic E-state index is 0.363. The highest BCUT2D eigenvalue weighted by Gasteiger charge is 2.46.